The summed E-state index contributed by atoms with van der Waals surface area (Å²) in [4.78, 5) is 36.8. The molecule has 20 heavy (non-hydrogen) atoms. The molecule has 0 saturated carbocycles. The number of aliphatic carboxylic acids is 1. The van der Waals surface area contributed by atoms with Gasteiger partial charge in [0.05, 0.1) is 5.75 Å². The SMILES string of the molecule is CC(=O)SCC(=O)N1CC(c2cccs2)C[C@H]1C(=O)O. The molecule has 0 aromatic carbocycles. The van der Waals surface area contributed by atoms with Crippen LogP contribution in [0, 0.1) is 0 Å². The first kappa shape index (κ1) is 15.1. The van der Waals surface area contributed by atoms with Crippen molar-refractivity contribution in [2.24, 2.45) is 0 Å². The predicted molar refractivity (Wildman–Crippen MR) is 78.0 cm³/mol. The Morgan fingerprint density at radius 2 is 2.25 bits per heavy atom. The third kappa shape index (κ3) is 3.40. The smallest absolute Gasteiger partial charge is 0.326 e. The first-order valence-corrected chi connectivity index (χ1v) is 8.04. The number of carbonyl (C=O) groups excluding carboxylic acids is 2. The molecule has 1 saturated heterocycles. The second-order valence-corrected chi connectivity index (χ2v) is 6.76. The third-order valence-electron chi connectivity index (χ3n) is 3.25. The fraction of sp³-hybridized carbons (Fsp3) is 0.462. The number of amides is 1. The number of carboxylic acids is 1. The first-order valence-electron chi connectivity index (χ1n) is 6.18. The lowest BCUT2D eigenvalue weighted by Gasteiger charge is -2.20. The summed E-state index contributed by atoms with van der Waals surface area (Å²) in [5.41, 5.74) is 0. The van der Waals surface area contributed by atoms with Crippen molar-refractivity contribution < 1.29 is 19.5 Å². The molecule has 108 valence electrons. The van der Waals surface area contributed by atoms with Crippen LogP contribution in [0.15, 0.2) is 17.5 Å². The van der Waals surface area contributed by atoms with Crippen molar-refractivity contribution >= 4 is 40.1 Å². The van der Waals surface area contributed by atoms with Gasteiger partial charge in [0.1, 0.15) is 6.04 Å². The lowest BCUT2D eigenvalue weighted by atomic mass is 10.0. The summed E-state index contributed by atoms with van der Waals surface area (Å²) in [5, 5.41) is 11.1. The summed E-state index contributed by atoms with van der Waals surface area (Å²) in [5.74, 6) is -1.18. The fourth-order valence-electron chi connectivity index (χ4n) is 2.32. The molecule has 7 heteroatoms. The van der Waals surface area contributed by atoms with Crippen LogP contribution in [0.25, 0.3) is 0 Å². The molecule has 0 aliphatic carbocycles. The topological polar surface area (TPSA) is 74.7 Å². The zero-order valence-corrected chi connectivity index (χ0v) is 12.6. The van der Waals surface area contributed by atoms with Crippen molar-refractivity contribution in [3.8, 4) is 0 Å². The number of thiophene rings is 1. The van der Waals surface area contributed by atoms with Crippen molar-refractivity contribution in [1.82, 2.24) is 4.90 Å². The van der Waals surface area contributed by atoms with Gasteiger partial charge in [-0.1, -0.05) is 17.8 Å². The molecule has 2 rings (SSSR count). The number of likely N-dealkylation sites (tertiary alicyclic amines) is 1. The molecule has 2 atom stereocenters. The van der Waals surface area contributed by atoms with E-state index >= 15 is 0 Å². The van der Waals surface area contributed by atoms with E-state index in [1.54, 1.807) is 11.3 Å². The number of carbonyl (C=O) groups is 3. The molecule has 1 aromatic heterocycles. The van der Waals surface area contributed by atoms with E-state index in [-0.39, 0.29) is 22.7 Å². The highest BCUT2D eigenvalue weighted by molar-refractivity contribution is 8.14. The number of rotatable bonds is 4. The number of carboxylic acid groups (broad SMARTS) is 1. The summed E-state index contributed by atoms with van der Waals surface area (Å²) in [6.07, 6.45) is 0.437. The summed E-state index contributed by atoms with van der Waals surface area (Å²) in [6.45, 7) is 1.81. The van der Waals surface area contributed by atoms with Gasteiger partial charge in [0.25, 0.3) is 0 Å². The van der Waals surface area contributed by atoms with Crippen molar-refractivity contribution in [1.29, 1.82) is 0 Å². The minimum absolute atomic E-state index is 0.0102. The van der Waals surface area contributed by atoms with E-state index in [1.165, 1.54) is 11.8 Å². The van der Waals surface area contributed by atoms with Gasteiger partial charge in [-0.05, 0) is 17.9 Å². The standard InChI is InChI=1S/C13H15NO4S2/c1-8(15)20-7-12(16)14-6-9(5-10(14)13(17)18)11-3-2-4-19-11/h2-4,9-10H,5-7H2,1H3,(H,17,18)/t9?,10-/m0/s1. The van der Waals surface area contributed by atoms with Crippen LogP contribution in [-0.2, 0) is 14.4 Å². The fourth-order valence-corrected chi connectivity index (χ4v) is 3.65. The van der Waals surface area contributed by atoms with Crippen LogP contribution in [0.5, 0.6) is 0 Å². The van der Waals surface area contributed by atoms with Gasteiger partial charge in [0.2, 0.25) is 5.91 Å². The zero-order valence-electron chi connectivity index (χ0n) is 10.9. The molecule has 1 fully saturated rings. The summed E-state index contributed by atoms with van der Waals surface area (Å²) in [6, 6.07) is 3.10. The Hall–Kier alpha value is -1.34. The van der Waals surface area contributed by atoms with Gasteiger partial charge in [0, 0.05) is 24.3 Å². The largest absolute Gasteiger partial charge is 0.480 e. The minimum Gasteiger partial charge on any atom is -0.480 e. The van der Waals surface area contributed by atoms with Crippen molar-refractivity contribution in [3.63, 3.8) is 0 Å². The van der Waals surface area contributed by atoms with Crippen LogP contribution < -0.4 is 0 Å². The second kappa shape index (κ2) is 6.41. The van der Waals surface area contributed by atoms with E-state index in [0.29, 0.717) is 13.0 Å². The summed E-state index contributed by atoms with van der Waals surface area (Å²) in [7, 11) is 0. The summed E-state index contributed by atoms with van der Waals surface area (Å²) < 4.78 is 0. The molecular weight excluding hydrogens is 298 g/mol. The maximum absolute atomic E-state index is 12.1. The molecule has 1 N–H and O–H groups in total. The number of nitrogens with zero attached hydrogens (tertiary/aromatic N) is 1. The maximum Gasteiger partial charge on any atom is 0.326 e. The highest BCUT2D eigenvalue weighted by Crippen LogP contribution is 2.34. The van der Waals surface area contributed by atoms with Gasteiger partial charge in [-0.3, -0.25) is 9.59 Å². The molecular formula is C13H15NO4S2. The number of thioether (sulfide) groups is 1. The Morgan fingerprint density at radius 3 is 2.80 bits per heavy atom. The molecule has 1 amide bonds. The Kier molecular flexibility index (Phi) is 4.82. The number of hydrogen-bond donors (Lipinski definition) is 1. The lowest BCUT2D eigenvalue weighted by Crippen LogP contribution is -2.41. The summed E-state index contributed by atoms with van der Waals surface area (Å²) >= 11 is 2.49. The van der Waals surface area contributed by atoms with Gasteiger partial charge in [0.15, 0.2) is 5.12 Å². The molecule has 0 spiro atoms. The molecule has 1 aromatic rings. The van der Waals surface area contributed by atoms with Crippen molar-refractivity contribution in [2.45, 2.75) is 25.3 Å². The normalized spacial score (nSPS) is 21.9. The van der Waals surface area contributed by atoms with Crippen LogP contribution in [0.4, 0.5) is 0 Å². The third-order valence-corrected chi connectivity index (χ3v) is 5.08. The first-order chi connectivity index (χ1) is 9.49. The van der Waals surface area contributed by atoms with Gasteiger partial charge in [-0.2, -0.15) is 0 Å². The van der Waals surface area contributed by atoms with E-state index < -0.39 is 12.0 Å². The number of hydrogen-bond acceptors (Lipinski definition) is 5. The van der Waals surface area contributed by atoms with Crippen LogP contribution in [0.2, 0.25) is 0 Å². The van der Waals surface area contributed by atoms with Gasteiger partial charge in [-0.15, -0.1) is 11.3 Å². The van der Waals surface area contributed by atoms with E-state index in [1.807, 2.05) is 17.5 Å². The van der Waals surface area contributed by atoms with Crippen LogP contribution in [0.1, 0.15) is 24.1 Å². The van der Waals surface area contributed by atoms with Gasteiger partial charge < -0.3 is 10.0 Å². The Bertz CT molecular complexity index is 514. The Balaban J connectivity index is 2.08. The Labute approximate surface area is 125 Å². The quantitative estimate of drug-likeness (QED) is 0.917. The monoisotopic (exact) mass is 313 g/mol. The van der Waals surface area contributed by atoms with Gasteiger partial charge >= 0.3 is 5.97 Å². The molecule has 1 aliphatic heterocycles. The second-order valence-electron chi connectivity index (χ2n) is 4.63. The van der Waals surface area contributed by atoms with Crippen molar-refractivity contribution in [2.75, 3.05) is 12.3 Å². The molecule has 1 unspecified atom stereocenters. The van der Waals surface area contributed by atoms with Crippen LogP contribution >= 0.6 is 23.1 Å². The van der Waals surface area contributed by atoms with E-state index in [9.17, 15) is 19.5 Å². The van der Waals surface area contributed by atoms with Crippen LogP contribution in [0.3, 0.4) is 0 Å². The molecule has 2 heterocycles. The molecule has 0 radical (unpaired) electrons. The molecule has 0 bridgehead atoms. The van der Waals surface area contributed by atoms with Crippen molar-refractivity contribution in [3.05, 3.63) is 22.4 Å². The lowest BCUT2D eigenvalue weighted by molar-refractivity contribution is -0.147. The van der Waals surface area contributed by atoms with Gasteiger partial charge in [-0.25, -0.2) is 4.79 Å². The van der Waals surface area contributed by atoms with E-state index in [0.717, 1.165) is 16.6 Å². The van der Waals surface area contributed by atoms with Crippen LogP contribution in [-0.4, -0.2) is 45.3 Å². The minimum atomic E-state index is -0.981. The highest BCUT2D eigenvalue weighted by Gasteiger charge is 2.40. The predicted octanol–water partition coefficient (Wildman–Crippen LogP) is 1.80. The molecule has 5 nitrogen and oxygen atoms in total. The Morgan fingerprint density at radius 1 is 1.50 bits per heavy atom. The highest BCUT2D eigenvalue weighted by atomic mass is 32.2. The average molecular weight is 313 g/mol. The maximum atomic E-state index is 12.1. The van der Waals surface area contributed by atoms with E-state index in [2.05, 4.69) is 0 Å². The molecule has 1 aliphatic rings. The zero-order chi connectivity index (χ0) is 14.7. The van der Waals surface area contributed by atoms with E-state index in [4.69, 9.17) is 0 Å². The average Bonchev–Trinajstić information content (AvgIpc) is 3.03.